The Hall–Kier alpha value is -2.48. The third-order valence-electron chi connectivity index (χ3n) is 2.84. The average molecular weight is 349 g/mol. The summed E-state index contributed by atoms with van der Waals surface area (Å²) in [6.07, 6.45) is -4.75. The zero-order valence-electron chi connectivity index (χ0n) is 11.2. The number of nitrogen functional groups attached to an aromatic ring is 1. The summed E-state index contributed by atoms with van der Waals surface area (Å²) >= 11 is 5.64. The van der Waals surface area contributed by atoms with Crippen LogP contribution in [0.25, 0.3) is 0 Å². The molecule has 0 aliphatic carbocycles. The lowest BCUT2D eigenvalue weighted by atomic mass is 10.1. The number of hydrogen-bond acceptors (Lipinski definition) is 3. The monoisotopic (exact) mass is 348 g/mol. The van der Waals surface area contributed by atoms with Crippen molar-refractivity contribution in [1.82, 2.24) is 0 Å². The first-order valence-electron chi connectivity index (χ1n) is 6.03. The molecule has 0 bridgehead atoms. The van der Waals surface area contributed by atoms with Crippen molar-refractivity contribution in [2.24, 2.45) is 5.73 Å². The number of alkyl halides is 3. The third-order valence-corrected chi connectivity index (χ3v) is 3.12. The van der Waals surface area contributed by atoms with E-state index in [0.717, 1.165) is 6.07 Å². The number of carbonyl (C=O) groups is 1. The van der Waals surface area contributed by atoms with Gasteiger partial charge in [-0.25, -0.2) is 4.39 Å². The molecule has 0 atom stereocenters. The number of nitrogens with two attached hydrogens (primary N) is 2. The van der Waals surface area contributed by atoms with Crippen LogP contribution in [0.4, 0.5) is 23.2 Å². The first kappa shape index (κ1) is 16.9. The number of benzene rings is 2. The lowest BCUT2D eigenvalue weighted by molar-refractivity contribution is -0.137. The molecule has 4 nitrogen and oxygen atoms in total. The van der Waals surface area contributed by atoms with Gasteiger partial charge in [0, 0.05) is 5.69 Å². The molecule has 2 aromatic carbocycles. The number of ether oxygens (including phenoxy) is 1. The van der Waals surface area contributed by atoms with E-state index in [1.807, 2.05) is 0 Å². The molecule has 0 heterocycles. The Morgan fingerprint density at radius 3 is 2.35 bits per heavy atom. The molecule has 0 spiro atoms. The lowest BCUT2D eigenvalue weighted by Crippen LogP contribution is -2.13. The Kier molecular flexibility index (Phi) is 4.37. The minimum absolute atomic E-state index is 0.0615. The summed E-state index contributed by atoms with van der Waals surface area (Å²) in [6.45, 7) is 0. The van der Waals surface area contributed by atoms with Gasteiger partial charge in [-0.1, -0.05) is 11.6 Å². The third kappa shape index (κ3) is 3.65. The Morgan fingerprint density at radius 2 is 1.83 bits per heavy atom. The zero-order chi connectivity index (χ0) is 17.4. The second-order valence-electron chi connectivity index (χ2n) is 4.48. The molecule has 0 fully saturated rings. The maximum Gasteiger partial charge on any atom is 0.416 e. The number of primary amides is 1. The van der Waals surface area contributed by atoms with Crippen LogP contribution in [0.15, 0.2) is 30.3 Å². The highest BCUT2D eigenvalue weighted by Crippen LogP contribution is 2.38. The van der Waals surface area contributed by atoms with Gasteiger partial charge in [-0.15, -0.1) is 0 Å². The van der Waals surface area contributed by atoms with Crippen LogP contribution in [-0.2, 0) is 6.18 Å². The number of carbonyl (C=O) groups excluding carboxylic acids is 1. The summed E-state index contributed by atoms with van der Waals surface area (Å²) in [5, 5.41) is -0.574. The van der Waals surface area contributed by atoms with E-state index in [1.54, 1.807) is 0 Å². The molecule has 0 radical (unpaired) electrons. The Labute approximate surface area is 132 Å². The normalized spacial score (nSPS) is 11.3. The molecule has 0 aliphatic heterocycles. The molecule has 0 saturated heterocycles. The van der Waals surface area contributed by atoms with Gasteiger partial charge in [0.05, 0.1) is 16.1 Å². The number of anilines is 1. The second kappa shape index (κ2) is 5.96. The van der Waals surface area contributed by atoms with Gasteiger partial charge in [0.2, 0.25) is 0 Å². The SMILES string of the molecule is NC(=O)c1cc(Oc2c(F)cc(C(F)(F)F)cc2Cl)ccc1N. The van der Waals surface area contributed by atoms with Crippen LogP contribution >= 0.6 is 11.6 Å². The highest BCUT2D eigenvalue weighted by Gasteiger charge is 2.32. The van der Waals surface area contributed by atoms with E-state index >= 15 is 0 Å². The van der Waals surface area contributed by atoms with Gasteiger partial charge < -0.3 is 16.2 Å². The van der Waals surface area contributed by atoms with Crippen LogP contribution in [0.5, 0.6) is 11.5 Å². The van der Waals surface area contributed by atoms with Gasteiger partial charge in [0.1, 0.15) is 5.75 Å². The maximum atomic E-state index is 13.8. The van der Waals surface area contributed by atoms with Crippen molar-refractivity contribution in [2.45, 2.75) is 6.18 Å². The fourth-order valence-electron chi connectivity index (χ4n) is 1.75. The molecule has 0 unspecified atom stereocenters. The average Bonchev–Trinajstić information content (AvgIpc) is 2.43. The summed E-state index contributed by atoms with van der Waals surface area (Å²) in [7, 11) is 0. The van der Waals surface area contributed by atoms with Crippen molar-refractivity contribution in [2.75, 3.05) is 5.73 Å². The quantitative estimate of drug-likeness (QED) is 0.650. The van der Waals surface area contributed by atoms with Crippen molar-refractivity contribution >= 4 is 23.2 Å². The van der Waals surface area contributed by atoms with E-state index in [-0.39, 0.29) is 23.1 Å². The van der Waals surface area contributed by atoms with E-state index in [1.165, 1.54) is 12.1 Å². The van der Waals surface area contributed by atoms with E-state index < -0.39 is 34.2 Å². The molecule has 4 N–H and O–H groups in total. The molecule has 2 aromatic rings. The molecule has 0 aliphatic rings. The van der Waals surface area contributed by atoms with E-state index in [0.29, 0.717) is 6.07 Å². The Bertz CT molecular complexity index is 755. The lowest BCUT2D eigenvalue weighted by Gasteiger charge is -2.13. The highest BCUT2D eigenvalue weighted by molar-refractivity contribution is 6.32. The number of halogens is 5. The van der Waals surface area contributed by atoms with Crippen LogP contribution in [-0.4, -0.2) is 5.91 Å². The van der Waals surface area contributed by atoms with Crippen LogP contribution in [0.3, 0.4) is 0 Å². The van der Waals surface area contributed by atoms with Gasteiger partial charge in [-0.3, -0.25) is 4.79 Å². The maximum absolute atomic E-state index is 13.8. The van der Waals surface area contributed by atoms with Gasteiger partial charge in [0.25, 0.3) is 5.91 Å². The zero-order valence-corrected chi connectivity index (χ0v) is 12.0. The first-order chi connectivity index (χ1) is 10.6. The van der Waals surface area contributed by atoms with E-state index in [4.69, 9.17) is 27.8 Å². The predicted molar refractivity (Wildman–Crippen MR) is 75.9 cm³/mol. The summed E-state index contributed by atoms with van der Waals surface area (Å²) < 4.78 is 56.6. The highest BCUT2D eigenvalue weighted by atomic mass is 35.5. The Balaban J connectivity index is 2.42. The van der Waals surface area contributed by atoms with Crippen LogP contribution in [0.1, 0.15) is 15.9 Å². The molecule has 2 rings (SSSR count). The van der Waals surface area contributed by atoms with Crippen molar-refractivity contribution in [1.29, 1.82) is 0 Å². The predicted octanol–water partition coefficient (Wildman–Crippen LogP) is 3.97. The molecule has 9 heteroatoms. The number of amides is 1. The van der Waals surface area contributed by atoms with E-state index in [2.05, 4.69) is 0 Å². The van der Waals surface area contributed by atoms with Crippen LogP contribution < -0.4 is 16.2 Å². The summed E-state index contributed by atoms with van der Waals surface area (Å²) in [5.41, 5.74) is 9.38. The topological polar surface area (TPSA) is 78.3 Å². The standard InChI is InChI=1S/C14H9ClF4N2O2/c15-9-3-6(14(17,18)19)4-10(16)12(9)23-7-1-2-11(20)8(5-7)13(21)22/h1-5H,20H2,(H2,21,22). The smallest absolute Gasteiger partial charge is 0.416 e. The van der Waals surface area contributed by atoms with Crippen LogP contribution in [0, 0.1) is 5.82 Å². The molecular formula is C14H9ClF4N2O2. The molecule has 122 valence electrons. The van der Waals surface area contributed by atoms with Gasteiger partial charge in [-0.05, 0) is 30.3 Å². The number of hydrogen-bond donors (Lipinski definition) is 2. The van der Waals surface area contributed by atoms with Gasteiger partial charge in [0.15, 0.2) is 11.6 Å². The molecule has 0 saturated carbocycles. The van der Waals surface area contributed by atoms with Gasteiger partial charge >= 0.3 is 6.18 Å². The van der Waals surface area contributed by atoms with Gasteiger partial charge in [-0.2, -0.15) is 13.2 Å². The largest absolute Gasteiger partial charge is 0.453 e. The summed E-state index contributed by atoms with van der Waals surface area (Å²) in [5.74, 6) is -2.82. The Morgan fingerprint density at radius 1 is 1.17 bits per heavy atom. The summed E-state index contributed by atoms with van der Waals surface area (Å²) in [6, 6.07) is 4.49. The molecule has 0 aromatic heterocycles. The minimum atomic E-state index is -4.75. The van der Waals surface area contributed by atoms with E-state index in [9.17, 15) is 22.4 Å². The van der Waals surface area contributed by atoms with Crippen molar-refractivity contribution in [3.8, 4) is 11.5 Å². The van der Waals surface area contributed by atoms with Crippen molar-refractivity contribution in [3.05, 3.63) is 52.3 Å². The molecule has 23 heavy (non-hydrogen) atoms. The second-order valence-corrected chi connectivity index (χ2v) is 4.89. The molecule has 1 amide bonds. The van der Waals surface area contributed by atoms with Crippen LogP contribution in [0.2, 0.25) is 5.02 Å². The fourth-order valence-corrected chi connectivity index (χ4v) is 2.00. The molecular weight excluding hydrogens is 340 g/mol. The number of rotatable bonds is 3. The van der Waals surface area contributed by atoms with Crippen molar-refractivity contribution < 1.29 is 27.1 Å². The van der Waals surface area contributed by atoms with Crippen molar-refractivity contribution in [3.63, 3.8) is 0 Å². The first-order valence-corrected chi connectivity index (χ1v) is 6.41. The summed E-state index contributed by atoms with van der Waals surface area (Å²) in [4.78, 5) is 11.2. The fraction of sp³-hybridized carbons (Fsp3) is 0.0714. The minimum Gasteiger partial charge on any atom is -0.453 e.